The van der Waals surface area contributed by atoms with E-state index in [0.717, 1.165) is 5.56 Å². The Morgan fingerprint density at radius 2 is 1.96 bits per heavy atom. The first kappa shape index (κ1) is 25.1. The zero-order valence-corrected chi connectivity index (χ0v) is 19.7. The van der Waals surface area contributed by atoms with E-state index in [1.807, 2.05) is 20.8 Å². The van der Waals surface area contributed by atoms with Crippen LogP contribution in [0.2, 0.25) is 0 Å². The molecule has 0 amide bonds. The van der Waals surface area contributed by atoms with Gasteiger partial charge in [0.1, 0.15) is 5.82 Å². The van der Waals surface area contributed by atoms with Crippen molar-refractivity contribution in [3.63, 3.8) is 0 Å². The summed E-state index contributed by atoms with van der Waals surface area (Å²) in [6.45, 7) is 7.60. The van der Waals surface area contributed by atoms with Crippen LogP contribution in [0.4, 0.5) is 4.39 Å². The van der Waals surface area contributed by atoms with Crippen LogP contribution in [0.3, 0.4) is 0 Å². The molecule has 0 bridgehead atoms. The van der Waals surface area contributed by atoms with Gasteiger partial charge in [-0.05, 0) is 38.5 Å². The molecule has 2 unspecified atom stereocenters. The fraction of sp³-hybridized carbons (Fsp3) is 0.611. The average molecular weight is 528 g/mol. The van der Waals surface area contributed by atoms with Crippen LogP contribution in [0.25, 0.3) is 0 Å². The topological polar surface area (TPSA) is 83.0 Å². The average Bonchev–Trinajstić information content (AvgIpc) is 2.59. The van der Waals surface area contributed by atoms with Crippen LogP contribution >= 0.6 is 24.0 Å². The van der Waals surface area contributed by atoms with Crippen LogP contribution in [0.15, 0.2) is 29.3 Å². The molecule has 0 radical (unpaired) electrons. The normalized spacial score (nSPS) is 21.1. The van der Waals surface area contributed by atoms with E-state index in [1.54, 1.807) is 12.1 Å². The van der Waals surface area contributed by atoms with Crippen molar-refractivity contribution in [2.45, 2.75) is 39.5 Å². The first-order valence-corrected chi connectivity index (χ1v) is 10.8. The number of nitrogens with zero attached hydrogens (tertiary/aromatic N) is 2. The number of nitrogens with one attached hydrogen (secondary N) is 2. The molecule has 1 fully saturated rings. The maximum absolute atomic E-state index is 13.2. The second-order valence-corrected chi connectivity index (χ2v) is 8.73. The Labute approximate surface area is 184 Å². The number of ether oxygens (including phenoxy) is 1. The fourth-order valence-corrected chi connectivity index (χ4v) is 4.43. The molecule has 1 aliphatic rings. The van der Waals surface area contributed by atoms with Gasteiger partial charge in [-0.15, -0.1) is 24.0 Å². The molecule has 1 heterocycles. The number of halogens is 2. The molecule has 1 saturated heterocycles. The van der Waals surface area contributed by atoms with Crippen molar-refractivity contribution in [3.05, 3.63) is 35.6 Å². The van der Waals surface area contributed by atoms with Crippen molar-refractivity contribution < 1.29 is 17.5 Å². The van der Waals surface area contributed by atoms with Crippen molar-refractivity contribution in [1.29, 1.82) is 0 Å². The predicted molar refractivity (Wildman–Crippen MR) is 120 cm³/mol. The summed E-state index contributed by atoms with van der Waals surface area (Å²) in [6.07, 6.45) is -0.219. The summed E-state index contributed by atoms with van der Waals surface area (Å²) in [5, 5.41) is 6.10. The summed E-state index contributed by atoms with van der Waals surface area (Å²) in [5.74, 6) is 0.165. The van der Waals surface area contributed by atoms with Gasteiger partial charge in [0.25, 0.3) is 0 Å². The fourth-order valence-electron chi connectivity index (χ4n) is 2.93. The molecule has 1 aromatic rings. The number of benzene rings is 1. The number of rotatable bonds is 7. The van der Waals surface area contributed by atoms with Gasteiger partial charge < -0.3 is 15.4 Å². The monoisotopic (exact) mass is 528 g/mol. The number of hydrogen-bond acceptors (Lipinski definition) is 4. The number of hydrogen-bond donors (Lipinski definition) is 2. The van der Waals surface area contributed by atoms with Crippen molar-refractivity contribution in [3.8, 4) is 0 Å². The molecule has 2 N–H and O–H groups in total. The molecular formula is C18H30FIN4O3S. The third-order valence-corrected chi connectivity index (χ3v) is 5.89. The van der Waals surface area contributed by atoms with Crippen molar-refractivity contribution in [1.82, 2.24) is 14.9 Å². The zero-order chi connectivity index (χ0) is 19.9. The van der Waals surface area contributed by atoms with E-state index in [1.165, 1.54) is 16.4 Å². The van der Waals surface area contributed by atoms with Gasteiger partial charge in [-0.3, -0.25) is 0 Å². The Morgan fingerprint density at radius 3 is 2.57 bits per heavy atom. The SMILES string of the molecule is CCNC(=NCc1cccc(F)c1)NCCS(=O)(=O)N1CC(C)OC(C)C1.I. The van der Waals surface area contributed by atoms with E-state index in [-0.39, 0.29) is 54.3 Å². The summed E-state index contributed by atoms with van der Waals surface area (Å²) in [5.41, 5.74) is 0.746. The lowest BCUT2D eigenvalue weighted by atomic mass is 10.2. The van der Waals surface area contributed by atoms with Gasteiger partial charge in [0.15, 0.2) is 5.96 Å². The van der Waals surface area contributed by atoms with Gasteiger partial charge >= 0.3 is 0 Å². The third-order valence-electron chi connectivity index (χ3n) is 4.08. The Hall–Kier alpha value is -0.980. The molecule has 10 heteroatoms. The minimum atomic E-state index is -3.37. The Kier molecular flexibility index (Phi) is 10.6. The van der Waals surface area contributed by atoms with E-state index >= 15 is 0 Å². The molecule has 0 aromatic heterocycles. The summed E-state index contributed by atoms with van der Waals surface area (Å²) in [6, 6.07) is 6.24. The van der Waals surface area contributed by atoms with E-state index in [2.05, 4.69) is 15.6 Å². The highest BCUT2D eigenvalue weighted by Crippen LogP contribution is 2.14. The van der Waals surface area contributed by atoms with Gasteiger partial charge in [0.2, 0.25) is 10.0 Å². The predicted octanol–water partition coefficient (Wildman–Crippen LogP) is 1.94. The molecule has 0 saturated carbocycles. The van der Waals surface area contributed by atoms with Crippen molar-refractivity contribution in [2.24, 2.45) is 4.99 Å². The minimum absolute atomic E-state index is 0. The first-order valence-electron chi connectivity index (χ1n) is 9.20. The van der Waals surface area contributed by atoms with Gasteiger partial charge in [0, 0.05) is 26.2 Å². The van der Waals surface area contributed by atoms with Crippen LogP contribution in [-0.4, -0.2) is 62.8 Å². The summed E-state index contributed by atoms with van der Waals surface area (Å²) < 4.78 is 45.4. The first-order chi connectivity index (χ1) is 12.8. The van der Waals surface area contributed by atoms with Crippen LogP contribution in [0.1, 0.15) is 26.3 Å². The van der Waals surface area contributed by atoms with Crippen molar-refractivity contribution in [2.75, 3.05) is 31.9 Å². The lowest BCUT2D eigenvalue weighted by Gasteiger charge is -2.34. The Balaban J connectivity index is 0.00000392. The van der Waals surface area contributed by atoms with Crippen molar-refractivity contribution >= 4 is 40.0 Å². The molecule has 28 heavy (non-hydrogen) atoms. The quantitative estimate of drug-likeness (QED) is 0.321. The van der Waals surface area contributed by atoms with Gasteiger partial charge in [0.05, 0.1) is 24.5 Å². The molecular weight excluding hydrogens is 498 g/mol. The van der Waals surface area contributed by atoms with Crippen LogP contribution in [0, 0.1) is 5.82 Å². The smallest absolute Gasteiger partial charge is 0.216 e. The third kappa shape index (κ3) is 8.18. The van der Waals surface area contributed by atoms with Crippen LogP contribution in [-0.2, 0) is 21.3 Å². The Bertz CT molecular complexity index is 738. The van der Waals surface area contributed by atoms with Gasteiger partial charge in [-0.2, -0.15) is 4.31 Å². The lowest BCUT2D eigenvalue weighted by molar-refractivity contribution is -0.0440. The largest absolute Gasteiger partial charge is 0.373 e. The highest BCUT2D eigenvalue weighted by Gasteiger charge is 2.30. The Morgan fingerprint density at radius 1 is 1.29 bits per heavy atom. The second-order valence-electron chi connectivity index (χ2n) is 6.64. The molecule has 7 nitrogen and oxygen atoms in total. The molecule has 0 aliphatic carbocycles. The van der Waals surface area contributed by atoms with Crippen LogP contribution < -0.4 is 10.6 Å². The summed E-state index contributed by atoms with van der Waals surface area (Å²) >= 11 is 0. The van der Waals surface area contributed by atoms with E-state index in [0.29, 0.717) is 32.1 Å². The maximum Gasteiger partial charge on any atom is 0.216 e. The van der Waals surface area contributed by atoms with E-state index in [9.17, 15) is 12.8 Å². The number of guanidine groups is 1. The lowest BCUT2D eigenvalue weighted by Crippen LogP contribution is -2.50. The van der Waals surface area contributed by atoms with Crippen LogP contribution in [0.5, 0.6) is 0 Å². The van der Waals surface area contributed by atoms with E-state index in [4.69, 9.17) is 4.74 Å². The number of morpholine rings is 1. The number of sulfonamides is 1. The number of aliphatic imine (C=N–C) groups is 1. The molecule has 1 aliphatic heterocycles. The molecule has 2 atom stereocenters. The summed E-state index contributed by atoms with van der Waals surface area (Å²) in [7, 11) is -3.37. The minimum Gasteiger partial charge on any atom is -0.373 e. The second kappa shape index (κ2) is 11.9. The molecule has 2 rings (SSSR count). The molecule has 0 spiro atoms. The maximum atomic E-state index is 13.2. The highest BCUT2D eigenvalue weighted by atomic mass is 127. The zero-order valence-electron chi connectivity index (χ0n) is 16.5. The van der Waals surface area contributed by atoms with Gasteiger partial charge in [-0.25, -0.2) is 17.8 Å². The highest BCUT2D eigenvalue weighted by molar-refractivity contribution is 14.0. The molecule has 1 aromatic carbocycles. The van der Waals surface area contributed by atoms with Gasteiger partial charge in [-0.1, -0.05) is 12.1 Å². The standard InChI is InChI=1S/C18H29FN4O3S.HI/c1-4-20-18(22-11-16-6-5-7-17(19)10-16)21-8-9-27(24,25)23-12-14(2)26-15(3)13-23;/h5-7,10,14-15H,4,8-9,11-13H2,1-3H3,(H2,20,21,22);1H. The summed E-state index contributed by atoms with van der Waals surface area (Å²) in [4.78, 5) is 4.38. The molecule has 160 valence electrons. The van der Waals surface area contributed by atoms with E-state index < -0.39 is 10.0 Å².